The standard InChI is InChI=1S/C5H14NO.C5H8O3.ClH/c1-6(2,3)4-5-7;1-4(6)2-3-5(7)8;/h7H,4-5H2,1-3H3;2-3H2,1H3,(H,7,8);1H/q+1;;/p-1. The van der Waals surface area contributed by atoms with E-state index in [1.807, 2.05) is 0 Å². The van der Waals surface area contributed by atoms with Gasteiger partial charge in [-0.2, -0.15) is 0 Å². The fourth-order valence-corrected chi connectivity index (χ4v) is 0.583. The Balaban J connectivity index is -0.000000200. The minimum Gasteiger partial charge on any atom is -1.00 e. The molecule has 5 nitrogen and oxygen atoms in total. The number of aliphatic hydroxyl groups is 1. The second kappa shape index (κ2) is 10.9. The third-order valence-electron chi connectivity index (χ3n) is 1.46. The van der Waals surface area contributed by atoms with Crippen molar-refractivity contribution in [1.82, 2.24) is 0 Å². The maximum atomic E-state index is 10.1. The zero-order chi connectivity index (χ0) is 12.5. The van der Waals surface area contributed by atoms with Gasteiger partial charge in [-0.05, 0) is 6.92 Å². The lowest BCUT2D eigenvalue weighted by molar-refractivity contribution is -0.870. The zero-order valence-electron chi connectivity index (χ0n) is 10.4. The second-order valence-electron chi connectivity index (χ2n) is 4.33. The molecule has 0 aliphatic rings. The van der Waals surface area contributed by atoms with Crippen molar-refractivity contribution >= 4 is 11.8 Å². The van der Waals surface area contributed by atoms with Crippen molar-refractivity contribution in [1.29, 1.82) is 0 Å². The molecule has 0 saturated heterocycles. The summed E-state index contributed by atoms with van der Waals surface area (Å²) in [6.45, 7) is 2.49. The molecule has 0 bridgehead atoms. The van der Waals surface area contributed by atoms with Crippen LogP contribution in [0.5, 0.6) is 0 Å². The molecule has 0 aromatic rings. The SMILES string of the molecule is CC(=O)CCC(=O)O.C[N+](C)(C)CCO.[Cl-]. The molecule has 0 aliphatic carbocycles. The van der Waals surface area contributed by atoms with Crippen molar-refractivity contribution in [3.63, 3.8) is 0 Å². The van der Waals surface area contributed by atoms with Gasteiger partial charge in [-0.1, -0.05) is 0 Å². The normalized spacial score (nSPS) is 9.56. The highest BCUT2D eigenvalue weighted by atomic mass is 35.5. The van der Waals surface area contributed by atoms with Crippen LogP contribution in [0.1, 0.15) is 19.8 Å². The highest BCUT2D eigenvalue weighted by Crippen LogP contribution is 1.87. The number of carboxylic acids is 1. The van der Waals surface area contributed by atoms with Crippen LogP contribution in [0.2, 0.25) is 0 Å². The van der Waals surface area contributed by atoms with Crippen molar-refractivity contribution in [2.24, 2.45) is 0 Å². The maximum Gasteiger partial charge on any atom is 0.303 e. The molecule has 0 aromatic heterocycles. The quantitative estimate of drug-likeness (QED) is 0.518. The average molecular weight is 256 g/mol. The maximum absolute atomic E-state index is 10.1. The van der Waals surface area contributed by atoms with Crippen LogP contribution in [-0.4, -0.2) is 60.7 Å². The number of ketones is 1. The van der Waals surface area contributed by atoms with Gasteiger partial charge in [0.15, 0.2) is 0 Å². The van der Waals surface area contributed by atoms with Crippen LogP contribution >= 0.6 is 0 Å². The Morgan fingerprint density at radius 1 is 1.12 bits per heavy atom. The van der Waals surface area contributed by atoms with E-state index in [2.05, 4.69) is 21.1 Å². The van der Waals surface area contributed by atoms with Crippen LogP contribution in [0.15, 0.2) is 0 Å². The van der Waals surface area contributed by atoms with E-state index in [0.29, 0.717) is 0 Å². The van der Waals surface area contributed by atoms with E-state index in [9.17, 15) is 9.59 Å². The topological polar surface area (TPSA) is 74.6 Å². The first-order valence-electron chi connectivity index (χ1n) is 4.81. The van der Waals surface area contributed by atoms with Gasteiger partial charge < -0.3 is 31.9 Å². The van der Waals surface area contributed by atoms with Gasteiger partial charge in [0.05, 0.1) is 34.2 Å². The molecule has 6 heteroatoms. The molecule has 0 heterocycles. The van der Waals surface area contributed by atoms with E-state index < -0.39 is 5.97 Å². The highest BCUT2D eigenvalue weighted by molar-refractivity contribution is 5.80. The number of aliphatic hydroxyl groups excluding tert-OH is 1. The summed E-state index contributed by atoms with van der Waals surface area (Å²) in [6.07, 6.45) is 0.102. The molecule has 0 saturated carbocycles. The van der Waals surface area contributed by atoms with Crippen LogP contribution in [0, 0.1) is 0 Å². The number of carbonyl (C=O) groups excluding carboxylic acids is 1. The first-order chi connectivity index (χ1) is 6.69. The van der Waals surface area contributed by atoms with Gasteiger partial charge in [0, 0.05) is 6.42 Å². The monoisotopic (exact) mass is 255 g/mol. The summed E-state index contributed by atoms with van der Waals surface area (Å²) in [6, 6.07) is 0. The van der Waals surface area contributed by atoms with E-state index >= 15 is 0 Å². The van der Waals surface area contributed by atoms with Gasteiger partial charge in [0.2, 0.25) is 0 Å². The molecule has 0 unspecified atom stereocenters. The van der Waals surface area contributed by atoms with Crippen LogP contribution in [0.25, 0.3) is 0 Å². The Morgan fingerprint density at radius 3 is 1.62 bits per heavy atom. The van der Waals surface area contributed by atoms with Gasteiger partial charge in [-0.3, -0.25) is 4.79 Å². The predicted molar refractivity (Wildman–Crippen MR) is 57.5 cm³/mol. The molecule has 0 spiro atoms. The number of likely N-dealkylation sites (N-methyl/N-ethyl adjacent to an activating group) is 1. The number of carbonyl (C=O) groups is 2. The van der Waals surface area contributed by atoms with Gasteiger partial charge >= 0.3 is 5.97 Å². The summed E-state index contributed by atoms with van der Waals surface area (Å²) >= 11 is 0. The lowest BCUT2D eigenvalue weighted by Gasteiger charge is -2.21. The lowest BCUT2D eigenvalue weighted by atomic mass is 10.2. The van der Waals surface area contributed by atoms with Crippen molar-refractivity contribution in [2.45, 2.75) is 19.8 Å². The average Bonchev–Trinajstić information content (AvgIpc) is 1.99. The first kappa shape index (κ1) is 20.7. The molecule has 0 aromatic carbocycles. The number of hydrogen-bond acceptors (Lipinski definition) is 3. The molecular weight excluding hydrogens is 234 g/mol. The summed E-state index contributed by atoms with van der Waals surface area (Å²) in [5.41, 5.74) is 0. The van der Waals surface area contributed by atoms with Gasteiger partial charge in [0.25, 0.3) is 0 Å². The Morgan fingerprint density at radius 2 is 1.56 bits per heavy atom. The number of quaternary nitrogens is 1. The molecule has 0 radical (unpaired) electrons. The van der Waals surface area contributed by atoms with Crippen molar-refractivity contribution in [2.75, 3.05) is 34.3 Å². The molecule has 0 rings (SSSR count). The molecule has 0 amide bonds. The minimum atomic E-state index is -0.916. The zero-order valence-corrected chi connectivity index (χ0v) is 11.1. The van der Waals surface area contributed by atoms with E-state index in [4.69, 9.17) is 10.2 Å². The number of nitrogens with zero attached hydrogens (tertiary/aromatic N) is 1. The predicted octanol–water partition coefficient (Wildman–Crippen LogP) is -2.87. The summed E-state index contributed by atoms with van der Waals surface area (Å²) < 4.78 is 0.844. The second-order valence-corrected chi connectivity index (χ2v) is 4.33. The number of halogens is 1. The van der Waals surface area contributed by atoms with Gasteiger partial charge in [-0.15, -0.1) is 0 Å². The van der Waals surface area contributed by atoms with Crippen LogP contribution in [0.4, 0.5) is 0 Å². The van der Waals surface area contributed by atoms with Crippen LogP contribution < -0.4 is 12.4 Å². The smallest absolute Gasteiger partial charge is 0.303 e. The van der Waals surface area contributed by atoms with Crippen molar-refractivity contribution < 1.29 is 36.7 Å². The number of Topliss-reactive ketones (excluding diaryl/α,β-unsaturated/α-hetero) is 1. The minimum absolute atomic E-state index is 0. The fraction of sp³-hybridized carbons (Fsp3) is 0.800. The van der Waals surface area contributed by atoms with Crippen molar-refractivity contribution in [3.05, 3.63) is 0 Å². The van der Waals surface area contributed by atoms with Gasteiger partial charge in [0.1, 0.15) is 12.3 Å². The molecule has 98 valence electrons. The van der Waals surface area contributed by atoms with E-state index in [-0.39, 0.29) is 37.6 Å². The summed E-state index contributed by atoms with van der Waals surface area (Å²) in [5.74, 6) is -0.993. The Kier molecular flexibility index (Phi) is 14.1. The molecule has 2 N–H and O–H groups in total. The number of aliphatic carboxylic acids is 1. The summed E-state index contributed by atoms with van der Waals surface area (Å²) in [7, 11) is 6.16. The largest absolute Gasteiger partial charge is 1.00 e. The van der Waals surface area contributed by atoms with Gasteiger partial charge in [-0.25, -0.2) is 0 Å². The Labute approximate surface area is 103 Å². The molecular formula is C10H22ClNO4. The van der Waals surface area contributed by atoms with Crippen molar-refractivity contribution in [3.8, 4) is 0 Å². The molecule has 0 aliphatic heterocycles. The lowest BCUT2D eigenvalue weighted by Crippen LogP contribution is -3.00. The highest BCUT2D eigenvalue weighted by Gasteiger charge is 2.02. The van der Waals surface area contributed by atoms with E-state index in [1.54, 1.807) is 0 Å². The number of hydrogen-bond donors (Lipinski definition) is 2. The number of rotatable bonds is 5. The fourth-order valence-electron chi connectivity index (χ4n) is 0.583. The summed E-state index contributed by atoms with van der Waals surface area (Å²) in [4.78, 5) is 19.8. The summed E-state index contributed by atoms with van der Waals surface area (Å²) in [5, 5.41) is 16.4. The van der Waals surface area contributed by atoms with Crippen LogP contribution in [-0.2, 0) is 9.59 Å². The van der Waals surface area contributed by atoms with E-state index in [1.165, 1.54) is 6.92 Å². The third kappa shape index (κ3) is 29.2. The number of carboxylic acid groups (broad SMARTS) is 1. The Bertz CT molecular complexity index is 187. The molecule has 0 fully saturated rings. The van der Waals surface area contributed by atoms with Crippen LogP contribution in [0.3, 0.4) is 0 Å². The molecule has 16 heavy (non-hydrogen) atoms. The van der Waals surface area contributed by atoms with E-state index in [0.717, 1.165) is 11.0 Å². The third-order valence-corrected chi connectivity index (χ3v) is 1.46. The Hall–Kier alpha value is -0.650. The molecule has 0 atom stereocenters. The first-order valence-corrected chi connectivity index (χ1v) is 4.81.